The lowest BCUT2D eigenvalue weighted by Gasteiger charge is -2.20. The van der Waals surface area contributed by atoms with Crippen LogP contribution in [0.3, 0.4) is 0 Å². The number of rotatable bonds is 5. The lowest BCUT2D eigenvalue weighted by Crippen LogP contribution is -2.31. The van der Waals surface area contributed by atoms with Crippen LogP contribution in [0, 0.1) is 13.8 Å². The van der Waals surface area contributed by atoms with Gasteiger partial charge in [-0.2, -0.15) is 9.29 Å². The van der Waals surface area contributed by atoms with Crippen molar-refractivity contribution in [3.05, 3.63) is 28.2 Å². The van der Waals surface area contributed by atoms with E-state index in [-0.39, 0.29) is 6.10 Å². The van der Waals surface area contributed by atoms with E-state index in [9.17, 15) is 8.42 Å². The molecule has 1 saturated carbocycles. The first-order valence-corrected chi connectivity index (χ1v) is 10.6. The SMILES string of the molecule is CO[C@H]1C[C@H](c2nc(C3CC3)no2)N(S(=O)(=O)c2cc(C)c(C)s2)C1. The molecular weight excluding hydrogens is 362 g/mol. The van der Waals surface area contributed by atoms with Crippen LogP contribution in [0.1, 0.15) is 53.4 Å². The third kappa shape index (κ3) is 3.03. The van der Waals surface area contributed by atoms with Crippen LogP contribution in [-0.2, 0) is 14.8 Å². The maximum Gasteiger partial charge on any atom is 0.253 e. The first-order valence-electron chi connectivity index (χ1n) is 8.35. The second-order valence-electron chi connectivity index (χ2n) is 6.75. The zero-order chi connectivity index (χ0) is 17.8. The van der Waals surface area contributed by atoms with Crippen LogP contribution in [0.4, 0.5) is 0 Å². The van der Waals surface area contributed by atoms with E-state index in [1.54, 1.807) is 13.2 Å². The first-order chi connectivity index (χ1) is 11.9. The minimum atomic E-state index is -3.63. The largest absolute Gasteiger partial charge is 0.380 e. The van der Waals surface area contributed by atoms with Gasteiger partial charge in [0.1, 0.15) is 10.3 Å². The molecule has 2 aliphatic rings. The Balaban J connectivity index is 1.69. The summed E-state index contributed by atoms with van der Waals surface area (Å²) in [5.41, 5.74) is 0.983. The maximum atomic E-state index is 13.2. The standard InChI is InChI=1S/C16H21N3O4S2/c1-9-6-14(24-10(9)2)25(20,21)19-8-12(22-3)7-13(19)16-17-15(18-23-16)11-4-5-11/h6,11-13H,4-5,7-8H2,1-3H3/t12-,13+/m0/s1. The number of aryl methyl sites for hydroxylation is 2. The Morgan fingerprint density at radius 2 is 2.12 bits per heavy atom. The summed E-state index contributed by atoms with van der Waals surface area (Å²) in [6.45, 7) is 4.14. The van der Waals surface area contributed by atoms with Gasteiger partial charge in [-0.1, -0.05) is 5.16 Å². The Morgan fingerprint density at radius 1 is 1.36 bits per heavy atom. The van der Waals surface area contributed by atoms with E-state index < -0.39 is 16.1 Å². The van der Waals surface area contributed by atoms with Crippen LogP contribution in [-0.4, -0.2) is 42.6 Å². The van der Waals surface area contributed by atoms with E-state index in [0.717, 1.165) is 23.3 Å². The number of thiophene rings is 1. The second kappa shape index (κ2) is 6.15. The average molecular weight is 383 g/mol. The zero-order valence-electron chi connectivity index (χ0n) is 14.4. The number of aromatic nitrogens is 2. The summed E-state index contributed by atoms with van der Waals surface area (Å²) in [7, 11) is -2.03. The van der Waals surface area contributed by atoms with E-state index >= 15 is 0 Å². The first kappa shape index (κ1) is 17.1. The smallest absolute Gasteiger partial charge is 0.253 e. The average Bonchev–Trinajstić information content (AvgIpc) is 3.01. The van der Waals surface area contributed by atoms with Crippen LogP contribution >= 0.6 is 11.3 Å². The summed E-state index contributed by atoms with van der Waals surface area (Å²) < 4.78 is 39.0. The monoisotopic (exact) mass is 383 g/mol. The Morgan fingerprint density at radius 3 is 2.72 bits per heavy atom. The quantitative estimate of drug-likeness (QED) is 0.789. The van der Waals surface area contributed by atoms with Gasteiger partial charge in [0.15, 0.2) is 5.82 Å². The van der Waals surface area contributed by atoms with Gasteiger partial charge in [-0.25, -0.2) is 8.42 Å². The fourth-order valence-corrected chi connectivity index (χ4v) is 6.37. The van der Waals surface area contributed by atoms with Gasteiger partial charge in [0.25, 0.3) is 10.0 Å². The van der Waals surface area contributed by atoms with Crippen LogP contribution < -0.4 is 0 Å². The number of hydrogen-bond acceptors (Lipinski definition) is 7. The van der Waals surface area contributed by atoms with Gasteiger partial charge in [0.2, 0.25) is 5.89 Å². The topological polar surface area (TPSA) is 85.5 Å². The third-order valence-electron chi connectivity index (χ3n) is 4.94. The predicted octanol–water partition coefficient (Wildman–Crippen LogP) is 2.78. The van der Waals surface area contributed by atoms with E-state index in [2.05, 4.69) is 10.1 Å². The fourth-order valence-electron chi connectivity index (χ4n) is 3.10. The molecule has 0 unspecified atom stereocenters. The van der Waals surface area contributed by atoms with Gasteiger partial charge in [-0.3, -0.25) is 0 Å². The summed E-state index contributed by atoms with van der Waals surface area (Å²) in [5.74, 6) is 1.43. The van der Waals surface area contributed by atoms with Gasteiger partial charge in [-0.15, -0.1) is 11.3 Å². The highest BCUT2D eigenvalue weighted by Crippen LogP contribution is 2.42. The van der Waals surface area contributed by atoms with Crippen molar-refractivity contribution in [3.63, 3.8) is 0 Å². The van der Waals surface area contributed by atoms with Gasteiger partial charge in [0.05, 0.1) is 6.10 Å². The van der Waals surface area contributed by atoms with Gasteiger partial charge < -0.3 is 9.26 Å². The summed E-state index contributed by atoms with van der Waals surface area (Å²) >= 11 is 1.30. The van der Waals surface area contributed by atoms with Gasteiger partial charge >= 0.3 is 0 Å². The van der Waals surface area contributed by atoms with Crippen LogP contribution in [0.15, 0.2) is 14.8 Å². The normalized spacial score (nSPS) is 24.9. The summed E-state index contributed by atoms with van der Waals surface area (Å²) in [6.07, 6.45) is 2.48. The van der Waals surface area contributed by atoms with E-state index in [1.165, 1.54) is 15.6 Å². The lowest BCUT2D eigenvalue weighted by molar-refractivity contribution is 0.114. The number of methoxy groups -OCH3 is 1. The molecule has 2 atom stereocenters. The fraction of sp³-hybridized carbons (Fsp3) is 0.625. The molecule has 25 heavy (non-hydrogen) atoms. The molecule has 1 saturated heterocycles. The molecule has 1 aliphatic carbocycles. The molecule has 0 amide bonds. The number of nitrogens with zero attached hydrogens (tertiary/aromatic N) is 3. The number of hydrogen-bond donors (Lipinski definition) is 0. The van der Waals surface area contributed by atoms with Crippen molar-refractivity contribution < 1.29 is 17.7 Å². The van der Waals surface area contributed by atoms with Gasteiger partial charge in [0, 0.05) is 30.9 Å². The molecule has 0 spiro atoms. The van der Waals surface area contributed by atoms with Crippen molar-refractivity contribution in [2.24, 2.45) is 0 Å². The van der Waals surface area contributed by atoms with Crippen LogP contribution in [0.5, 0.6) is 0 Å². The Kier molecular flexibility index (Phi) is 4.22. The molecule has 2 fully saturated rings. The lowest BCUT2D eigenvalue weighted by atomic mass is 10.2. The minimum absolute atomic E-state index is 0.182. The Hall–Kier alpha value is -1.29. The molecule has 7 nitrogen and oxygen atoms in total. The molecule has 9 heteroatoms. The van der Waals surface area contributed by atoms with Crippen LogP contribution in [0.25, 0.3) is 0 Å². The second-order valence-corrected chi connectivity index (χ2v) is 10.1. The minimum Gasteiger partial charge on any atom is -0.380 e. The molecule has 3 heterocycles. The predicted molar refractivity (Wildman–Crippen MR) is 92.1 cm³/mol. The van der Waals surface area contributed by atoms with Crippen molar-refractivity contribution in [3.8, 4) is 0 Å². The Bertz CT molecular complexity index is 866. The zero-order valence-corrected chi connectivity index (χ0v) is 16.1. The van der Waals surface area contributed by atoms with Crippen molar-refractivity contribution in [2.75, 3.05) is 13.7 Å². The molecule has 0 N–H and O–H groups in total. The molecule has 2 aromatic heterocycles. The molecule has 136 valence electrons. The number of sulfonamides is 1. The molecule has 0 radical (unpaired) electrons. The van der Waals surface area contributed by atoms with Gasteiger partial charge in [-0.05, 0) is 38.3 Å². The molecule has 0 aromatic carbocycles. The molecule has 1 aliphatic heterocycles. The van der Waals surface area contributed by atoms with E-state index in [1.807, 2.05) is 13.8 Å². The van der Waals surface area contributed by atoms with Crippen molar-refractivity contribution in [2.45, 2.75) is 55.4 Å². The highest BCUT2D eigenvalue weighted by Gasteiger charge is 2.45. The highest BCUT2D eigenvalue weighted by molar-refractivity contribution is 7.91. The third-order valence-corrected chi connectivity index (χ3v) is 8.42. The summed E-state index contributed by atoms with van der Waals surface area (Å²) in [6, 6.07) is 1.26. The molecular formula is C16H21N3O4S2. The molecule has 2 aromatic rings. The molecule has 4 rings (SSSR count). The summed E-state index contributed by atoms with van der Waals surface area (Å²) in [5, 5.41) is 4.04. The highest BCUT2D eigenvalue weighted by atomic mass is 32.2. The maximum absolute atomic E-state index is 13.2. The van der Waals surface area contributed by atoms with E-state index in [4.69, 9.17) is 9.26 Å². The van der Waals surface area contributed by atoms with Crippen molar-refractivity contribution in [1.82, 2.24) is 14.4 Å². The Labute approximate surface area is 151 Å². The van der Waals surface area contributed by atoms with Crippen molar-refractivity contribution in [1.29, 1.82) is 0 Å². The van der Waals surface area contributed by atoms with Crippen LogP contribution in [0.2, 0.25) is 0 Å². The van der Waals surface area contributed by atoms with Crippen molar-refractivity contribution >= 4 is 21.4 Å². The molecule has 0 bridgehead atoms. The number of ether oxygens (including phenoxy) is 1. The summed E-state index contributed by atoms with van der Waals surface area (Å²) in [4.78, 5) is 5.47. The van der Waals surface area contributed by atoms with E-state index in [0.29, 0.717) is 34.8 Å².